The molecule has 1 aromatic heterocycles. The molecule has 0 bridgehead atoms. The third-order valence-corrected chi connectivity index (χ3v) is 5.16. The van der Waals surface area contributed by atoms with Crippen LogP contribution < -0.4 is 4.74 Å². The molecule has 0 saturated carbocycles. The lowest BCUT2D eigenvalue weighted by molar-refractivity contribution is -0.136. The van der Waals surface area contributed by atoms with Gasteiger partial charge in [0.25, 0.3) is 0 Å². The summed E-state index contributed by atoms with van der Waals surface area (Å²) in [6.07, 6.45) is 0.839. The Kier molecular flexibility index (Phi) is 7.71. The van der Waals surface area contributed by atoms with Crippen LogP contribution in [0.15, 0.2) is 48.5 Å². The van der Waals surface area contributed by atoms with Crippen molar-refractivity contribution in [2.75, 3.05) is 6.61 Å². The van der Waals surface area contributed by atoms with E-state index in [-0.39, 0.29) is 6.42 Å². The van der Waals surface area contributed by atoms with Crippen LogP contribution in [0.25, 0.3) is 22.5 Å². The smallest absolute Gasteiger partial charge is 0.307 e. The van der Waals surface area contributed by atoms with Crippen molar-refractivity contribution >= 4 is 17.6 Å². The van der Waals surface area contributed by atoms with Crippen molar-refractivity contribution in [1.29, 1.82) is 0 Å². The number of aromatic nitrogens is 2. The minimum Gasteiger partial charge on any atom is -0.493 e. The van der Waals surface area contributed by atoms with Gasteiger partial charge in [0.1, 0.15) is 5.75 Å². The molecule has 0 aliphatic heterocycles. The number of rotatable bonds is 10. The maximum Gasteiger partial charge on any atom is 0.307 e. The summed E-state index contributed by atoms with van der Waals surface area (Å²) in [5.74, 6) is -0.244. The number of ether oxygens (including phenoxy) is 1. The van der Waals surface area contributed by atoms with Gasteiger partial charge in [-0.2, -0.15) is 5.10 Å². The van der Waals surface area contributed by atoms with Crippen LogP contribution >= 0.6 is 11.6 Å². The van der Waals surface area contributed by atoms with E-state index in [0.717, 1.165) is 23.2 Å². The highest BCUT2D eigenvalue weighted by molar-refractivity contribution is 6.30. The average molecular weight is 443 g/mol. The molecule has 2 aromatic carbocycles. The second kappa shape index (κ2) is 10.5. The van der Waals surface area contributed by atoms with Gasteiger partial charge in [-0.15, -0.1) is 0 Å². The summed E-state index contributed by atoms with van der Waals surface area (Å²) in [6, 6.07) is 14.8. The average Bonchev–Trinajstić information content (AvgIpc) is 3.16. The highest BCUT2D eigenvalue weighted by atomic mass is 35.5. The fourth-order valence-electron chi connectivity index (χ4n) is 3.27. The normalized spacial score (nSPS) is 12.0. The molecule has 1 unspecified atom stereocenters. The van der Waals surface area contributed by atoms with Gasteiger partial charge in [0.05, 0.1) is 37.1 Å². The summed E-state index contributed by atoms with van der Waals surface area (Å²) in [5.41, 5.74) is 3.81. The van der Waals surface area contributed by atoms with Crippen LogP contribution in [0.2, 0.25) is 5.02 Å². The molecule has 6 nitrogen and oxygen atoms in total. The third kappa shape index (κ3) is 5.87. The number of carbonyl (C=O) groups is 1. The van der Waals surface area contributed by atoms with Crippen LogP contribution in [0, 0.1) is 0 Å². The fourth-order valence-corrected chi connectivity index (χ4v) is 3.40. The van der Waals surface area contributed by atoms with Crippen LogP contribution in [-0.2, 0) is 17.8 Å². The van der Waals surface area contributed by atoms with Gasteiger partial charge in [-0.1, -0.05) is 43.6 Å². The largest absolute Gasteiger partial charge is 0.493 e. The minimum atomic E-state index is -0.897. The lowest BCUT2D eigenvalue weighted by Crippen LogP contribution is -2.16. The van der Waals surface area contributed by atoms with E-state index < -0.39 is 12.1 Å². The zero-order valence-corrected chi connectivity index (χ0v) is 18.5. The van der Waals surface area contributed by atoms with E-state index in [1.54, 1.807) is 16.8 Å². The fraction of sp³-hybridized carbons (Fsp3) is 0.333. The molecule has 7 heteroatoms. The Morgan fingerprint density at radius 1 is 1.16 bits per heavy atom. The molecule has 31 heavy (non-hydrogen) atoms. The first kappa shape index (κ1) is 22.8. The predicted octanol–water partition coefficient (Wildman–Crippen LogP) is 5.06. The summed E-state index contributed by atoms with van der Waals surface area (Å²) in [6.45, 7) is 4.83. The molecule has 0 radical (unpaired) electrons. The number of carboxylic acids is 1. The van der Waals surface area contributed by atoms with Gasteiger partial charge < -0.3 is 14.9 Å². The lowest BCUT2D eigenvalue weighted by atomic mass is 10.0. The molecular formula is C24H27ClN2O4. The van der Waals surface area contributed by atoms with E-state index >= 15 is 0 Å². The Morgan fingerprint density at radius 3 is 2.55 bits per heavy atom. The van der Waals surface area contributed by atoms with Gasteiger partial charge in [0.15, 0.2) is 0 Å². The molecule has 3 rings (SSSR count). The summed E-state index contributed by atoms with van der Waals surface area (Å²) < 4.78 is 7.69. The summed E-state index contributed by atoms with van der Waals surface area (Å²) >= 11 is 6.05. The van der Waals surface area contributed by atoms with Crippen molar-refractivity contribution in [3.8, 4) is 28.3 Å². The summed E-state index contributed by atoms with van der Waals surface area (Å²) in [4.78, 5) is 11.2. The van der Waals surface area contributed by atoms with Crippen molar-refractivity contribution in [2.24, 2.45) is 0 Å². The van der Waals surface area contributed by atoms with Gasteiger partial charge in [-0.25, -0.2) is 0 Å². The Balaban J connectivity index is 2.11. The number of benzene rings is 2. The van der Waals surface area contributed by atoms with Crippen molar-refractivity contribution in [3.05, 3.63) is 59.1 Å². The summed E-state index contributed by atoms with van der Waals surface area (Å²) in [7, 11) is 0. The van der Waals surface area contributed by atoms with E-state index in [2.05, 4.69) is 0 Å². The highest BCUT2D eigenvalue weighted by Gasteiger charge is 2.18. The maximum atomic E-state index is 11.2. The van der Waals surface area contributed by atoms with Crippen molar-refractivity contribution < 1.29 is 19.7 Å². The van der Waals surface area contributed by atoms with Crippen LogP contribution in [0.5, 0.6) is 5.75 Å². The lowest BCUT2D eigenvalue weighted by Gasteiger charge is -2.12. The van der Waals surface area contributed by atoms with Gasteiger partial charge >= 0.3 is 5.97 Å². The molecule has 3 aromatic rings. The number of hydrogen-bond donors (Lipinski definition) is 2. The SMILES string of the molecule is CCCOc1ccc(CC(=O)O)cc1-c1cc(-c2ccc(Cl)cc2)n(CC(O)CC)n1. The Bertz CT molecular complexity index is 1030. The molecule has 0 aliphatic carbocycles. The Hall–Kier alpha value is -2.83. The number of halogens is 1. The van der Waals surface area contributed by atoms with Crippen molar-refractivity contribution in [1.82, 2.24) is 9.78 Å². The van der Waals surface area contributed by atoms with E-state index in [1.807, 2.05) is 50.2 Å². The molecule has 0 amide bonds. The number of hydrogen-bond acceptors (Lipinski definition) is 4. The van der Waals surface area contributed by atoms with Crippen LogP contribution in [0.4, 0.5) is 0 Å². The molecule has 2 N–H and O–H groups in total. The van der Waals surface area contributed by atoms with Crippen molar-refractivity contribution in [2.45, 2.75) is 45.8 Å². The highest BCUT2D eigenvalue weighted by Crippen LogP contribution is 2.34. The van der Waals surface area contributed by atoms with Gasteiger partial charge in [0, 0.05) is 10.6 Å². The third-order valence-electron chi connectivity index (χ3n) is 4.91. The predicted molar refractivity (Wildman–Crippen MR) is 122 cm³/mol. The van der Waals surface area contributed by atoms with Gasteiger partial charge in [-0.3, -0.25) is 9.48 Å². The van der Waals surface area contributed by atoms with Crippen molar-refractivity contribution in [3.63, 3.8) is 0 Å². The maximum absolute atomic E-state index is 11.2. The standard InChI is InChI=1S/C24H27ClN2O4/c1-3-11-31-23-10-5-16(13-24(29)30)12-20(23)21-14-22(17-6-8-18(25)9-7-17)27(26-21)15-19(28)4-2/h5-10,12,14,19,28H,3-4,11,13,15H2,1-2H3,(H,29,30). The molecule has 0 saturated heterocycles. The zero-order chi connectivity index (χ0) is 22.4. The number of nitrogens with zero attached hydrogens (tertiary/aromatic N) is 2. The van der Waals surface area contributed by atoms with Crippen LogP contribution in [0.3, 0.4) is 0 Å². The Labute approximate surface area is 187 Å². The molecule has 0 aliphatic rings. The Morgan fingerprint density at radius 2 is 1.90 bits per heavy atom. The van der Waals surface area contributed by atoms with Crippen LogP contribution in [-0.4, -0.2) is 38.7 Å². The van der Waals surface area contributed by atoms with E-state index in [9.17, 15) is 15.0 Å². The molecule has 1 atom stereocenters. The first-order valence-corrected chi connectivity index (χ1v) is 10.8. The second-order valence-corrected chi connectivity index (χ2v) is 7.85. The quantitative estimate of drug-likeness (QED) is 0.458. The van der Waals surface area contributed by atoms with Gasteiger partial charge in [-0.05, 0) is 54.3 Å². The van der Waals surface area contributed by atoms with Crippen LogP contribution in [0.1, 0.15) is 32.3 Å². The van der Waals surface area contributed by atoms with E-state index in [4.69, 9.17) is 21.4 Å². The molecule has 164 valence electrons. The number of aliphatic hydroxyl groups excluding tert-OH is 1. The molecule has 0 fully saturated rings. The topological polar surface area (TPSA) is 84.6 Å². The van der Waals surface area contributed by atoms with Gasteiger partial charge in [0.2, 0.25) is 0 Å². The molecule has 1 heterocycles. The number of aliphatic carboxylic acids is 1. The second-order valence-electron chi connectivity index (χ2n) is 7.42. The van der Waals surface area contributed by atoms with E-state index in [0.29, 0.717) is 41.6 Å². The monoisotopic (exact) mass is 442 g/mol. The first-order valence-electron chi connectivity index (χ1n) is 10.4. The molecule has 0 spiro atoms. The zero-order valence-electron chi connectivity index (χ0n) is 17.7. The van der Waals surface area contributed by atoms with E-state index in [1.165, 1.54) is 0 Å². The summed E-state index contributed by atoms with van der Waals surface area (Å²) in [5, 5.41) is 24.8. The minimum absolute atomic E-state index is 0.0830. The first-order chi connectivity index (χ1) is 14.9. The number of carboxylic acid groups (broad SMARTS) is 1. The molecular weight excluding hydrogens is 416 g/mol. The number of aliphatic hydroxyl groups is 1.